The Balaban J connectivity index is 1.47. The van der Waals surface area contributed by atoms with Gasteiger partial charge in [0.2, 0.25) is 5.91 Å². The zero-order valence-corrected chi connectivity index (χ0v) is 13.5. The highest BCUT2D eigenvalue weighted by molar-refractivity contribution is 5.92. The van der Waals surface area contributed by atoms with E-state index >= 15 is 0 Å². The van der Waals surface area contributed by atoms with E-state index in [2.05, 4.69) is 20.3 Å². The SMILES string of the molecule is O=C(CCc1nc2ccccc2[nH]c1=O)Nc1ccc2oc(=O)[nH]c2c1. The summed E-state index contributed by atoms with van der Waals surface area (Å²) in [6, 6.07) is 12.1. The standard InChI is InChI=1S/C18H14N4O4/c23-16(19-10-5-7-15-14(9-10)22-18(25)26-15)8-6-13-17(24)21-12-4-2-1-3-11(12)20-13/h1-5,7,9H,6,8H2,(H,19,23)(H,21,24)(H,22,25). The van der Waals surface area contributed by atoms with Crippen molar-refractivity contribution in [3.05, 3.63) is 69.1 Å². The molecule has 0 atom stereocenters. The van der Waals surface area contributed by atoms with Gasteiger partial charge >= 0.3 is 5.76 Å². The third-order valence-corrected chi connectivity index (χ3v) is 3.96. The summed E-state index contributed by atoms with van der Waals surface area (Å²) in [5, 5.41) is 2.73. The van der Waals surface area contributed by atoms with E-state index in [-0.39, 0.29) is 24.3 Å². The number of aryl methyl sites for hydroxylation is 1. The maximum absolute atomic E-state index is 12.2. The fourth-order valence-electron chi connectivity index (χ4n) is 2.72. The van der Waals surface area contributed by atoms with Crippen molar-refractivity contribution in [2.45, 2.75) is 12.8 Å². The van der Waals surface area contributed by atoms with Gasteiger partial charge in [-0.2, -0.15) is 0 Å². The molecule has 0 spiro atoms. The molecule has 0 bridgehead atoms. The van der Waals surface area contributed by atoms with Crippen molar-refractivity contribution in [2.75, 3.05) is 5.32 Å². The molecule has 8 nitrogen and oxygen atoms in total. The van der Waals surface area contributed by atoms with Crippen molar-refractivity contribution in [2.24, 2.45) is 0 Å². The number of hydrogen-bond donors (Lipinski definition) is 3. The fraction of sp³-hybridized carbons (Fsp3) is 0.111. The van der Waals surface area contributed by atoms with E-state index in [1.807, 2.05) is 12.1 Å². The molecule has 8 heteroatoms. The maximum Gasteiger partial charge on any atom is 0.417 e. The second kappa shape index (κ2) is 6.32. The lowest BCUT2D eigenvalue weighted by atomic mass is 10.2. The number of carbonyl (C=O) groups is 1. The van der Waals surface area contributed by atoms with Gasteiger partial charge in [0.25, 0.3) is 5.56 Å². The molecular formula is C18H14N4O4. The van der Waals surface area contributed by atoms with Crippen molar-refractivity contribution >= 4 is 33.7 Å². The van der Waals surface area contributed by atoms with Gasteiger partial charge in [-0.3, -0.25) is 14.6 Å². The van der Waals surface area contributed by atoms with Gasteiger partial charge < -0.3 is 14.7 Å². The Morgan fingerprint density at radius 2 is 1.92 bits per heavy atom. The van der Waals surface area contributed by atoms with E-state index in [9.17, 15) is 14.4 Å². The Bertz CT molecular complexity index is 1240. The third-order valence-electron chi connectivity index (χ3n) is 3.96. The largest absolute Gasteiger partial charge is 0.417 e. The molecule has 0 aliphatic carbocycles. The van der Waals surface area contributed by atoms with Crippen LogP contribution in [0, 0.1) is 0 Å². The molecule has 0 aliphatic heterocycles. The minimum absolute atomic E-state index is 0.106. The molecule has 1 amide bonds. The van der Waals surface area contributed by atoms with Crippen molar-refractivity contribution in [1.29, 1.82) is 0 Å². The maximum atomic E-state index is 12.2. The Morgan fingerprint density at radius 3 is 2.81 bits per heavy atom. The van der Waals surface area contributed by atoms with Crippen LogP contribution in [0.2, 0.25) is 0 Å². The van der Waals surface area contributed by atoms with E-state index in [0.717, 1.165) is 0 Å². The number of anilines is 1. The smallest absolute Gasteiger partial charge is 0.408 e. The number of para-hydroxylation sites is 2. The Morgan fingerprint density at radius 1 is 1.08 bits per heavy atom. The molecule has 2 aromatic carbocycles. The van der Waals surface area contributed by atoms with Crippen LogP contribution in [0.15, 0.2) is 56.5 Å². The van der Waals surface area contributed by atoms with Crippen molar-refractivity contribution in [3.8, 4) is 0 Å². The van der Waals surface area contributed by atoms with Gasteiger partial charge in [0.05, 0.1) is 16.6 Å². The number of hydrogen-bond acceptors (Lipinski definition) is 5. The van der Waals surface area contributed by atoms with E-state index in [1.165, 1.54) is 0 Å². The predicted molar refractivity (Wildman–Crippen MR) is 96.1 cm³/mol. The van der Waals surface area contributed by atoms with Crippen LogP contribution in [0.1, 0.15) is 12.1 Å². The monoisotopic (exact) mass is 350 g/mol. The number of benzene rings is 2. The quantitative estimate of drug-likeness (QED) is 0.519. The first-order valence-electron chi connectivity index (χ1n) is 7.99. The first-order chi connectivity index (χ1) is 12.6. The van der Waals surface area contributed by atoms with Gasteiger partial charge in [-0.25, -0.2) is 9.78 Å². The summed E-state index contributed by atoms with van der Waals surface area (Å²) in [7, 11) is 0. The number of rotatable bonds is 4. The van der Waals surface area contributed by atoms with Crippen LogP contribution in [-0.2, 0) is 11.2 Å². The molecule has 0 saturated carbocycles. The molecule has 4 rings (SSSR count). The summed E-state index contributed by atoms with van der Waals surface area (Å²) in [6.07, 6.45) is 0.325. The first kappa shape index (κ1) is 15.8. The average Bonchev–Trinajstić information content (AvgIpc) is 2.99. The number of oxazole rings is 1. The highest BCUT2D eigenvalue weighted by Gasteiger charge is 2.09. The second-order valence-corrected chi connectivity index (χ2v) is 5.80. The highest BCUT2D eigenvalue weighted by Crippen LogP contribution is 2.16. The summed E-state index contributed by atoms with van der Waals surface area (Å²) in [6.45, 7) is 0. The molecule has 130 valence electrons. The minimum Gasteiger partial charge on any atom is -0.408 e. The molecule has 4 aromatic rings. The number of aromatic amines is 2. The van der Waals surface area contributed by atoms with Gasteiger partial charge in [0.15, 0.2) is 5.58 Å². The molecule has 26 heavy (non-hydrogen) atoms. The number of amides is 1. The Labute approximate surface area is 145 Å². The molecule has 3 N–H and O–H groups in total. The molecule has 0 aliphatic rings. The summed E-state index contributed by atoms with van der Waals surface area (Å²) in [5.74, 6) is -0.811. The number of carbonyl (C=O) groups excluding carboxylic acids is 1. The normalized spacial score (nSPS) is 11.1. The molecule has 2 aromatic heterocycles. The summed E-state index contributed by atoms with van der Waals surface area (Å²) >= 11 is 0. The van der Waals surface area contributed by atoms with Gasteiger partial charge in [-0.1, -0.05) is 12.1 Å². The van der Waals surface area contributed by atoms with E-state index < -0.39 is 5.76 Å². The van der Waals surface area contributed by atoms with Crippen LogP contribution in [0.5, 0.6) is 0 Å². The predicted octanol–water partition coefficient (Wildman–Crippen LogP) is 1.93. The van der Waals surface area contributed by atoms with Crippen molar-refractivity contribution in [3.63, 3.8) is 0 Å². The van der Waals surface area contributed by atoms with Gasteiger partial charge in [-0.05, 0) is 30.3 Å². The minimum atomic E-state index is -0.551. The van der Waals surface area contributed by atoms with E-state index in [0.29, 0.717) is 33.5 Å². The number of H-pyrrole nitrogens is 2. The zero-order valence-electron chi connectivity index (χ0n) is 13.5. The average molecular weight is 350 g/mol. The number of fused-ring (bicyclic) bond motifs is 2. The fourth-order valence-corrected chi connectivity index (χ4v) is 2.72. The number of aromatic nitrogens is 3. The molecule has 0 fully saturated rings. The third kappa shape index (κ3) is 3.12. The summed E-state index contributed by atoms with van der Waals surface area (Å²) < 4.78 is 4.91. The van der Waals surface area contributed by atoms with E-state index in [1.54, 1.807) is 30.3 Å². The van der Waals surface area contributed by atoms with Crippen LogP contribution in [0.25, 0.3) is 22.1 Å². The number of nitrogens with one attached hydrogen (secondary N) is 3. The van der Waals surface area contributed by atoms with Crippen molar-refractivity contribution in [1.82, 2.24) is 15.0 Å². The topological polar surface area (TPSA) is 121 Å². The summed E-state index contributed by atoms with van der Waals surface area (Å²) in [4.78, 5) is 45.0. The van der Waals surface area contributed by atoms with Gasteiger partial charge in [-0.15, -0.1) is 0 Å². The first-order valence-corrected chi connectivity index (χ1v) is 7.99. The van der Waals surface area contributed by atoms with Crippen LogP contribution >= 0.6 is 0 Å². The Kier molecular flexibility index (Phi) is 3.85. The molecule has 2 heterocycles. The van der Waals surface area contributed by atoms with Crippen LogP contribution in [0.4, 0.5) is 5.69 Å². The zero-order chi connectivity index (χ0) is 18.1. The van der Waals surface area contributed by atoms with Gasteiger partial charge in [0.1, 0.15) is 5.69 Å². The molecule has 0 saturated heterocycles. The lowest BCUT2D eigenvalue weighted by molar-refractivity contribution is -0.116. The lowest BCUT2D eigenvalue weighted by Gasteiger charge is -2.05. The molecular weight excluding hydrogens is 336 g/mol. The number of nitrogens with zero attached hydrogens (tertiary/aromatic N) is 1. The lowest BCUT2D eigenvalue weighted by Crippen LogP contribution is -2.19. The van der Waals surface area contributed by atoms with Crippen molar-refractivity contribution < 1.29 is 9.21 Å². The van der Waals surface area contributed by atoms with E-state index in [4.69, 9.17) is 4.42 Å². The molecule has 0 unspecified atom stereocenters. The Hall–Kier alpha value is -3.68. The van der Waals surface area contributed by atoms with Crippen LogP contribution in [-0.4, -0.2) is 20.9 Å². The van der Waals surface area contributed by atoms with Crippen LogP contribution in [0.3, 0.4) is 0 Å². The summed E-state index contributed by atoms with van der Waals surface area (Å²) in [5.41, 5.74) is 2.80. The van der Waals surface area contributed by atoms with Crippen LogP contribution < -0.4 is 16.6 Å². The highest BCUT2D eigenvalue weighted by atomic mass is 16.4. The second-order valence-electron chi connectivity index (χ2n) is 5.80. The molecule has 0 radical (unpaired) electrons. The van der Waals surface area contributed by atoms with Gasteiger partial charge in [0, 0.05) is 18.5 Å².